The minimum absolute atomic E-state index is 0.370. The summed E-state index contributed by atoms with van der Waals surface area (Å²) in [6, 6.07) is 0. The Bertz CT molecular complexity index is 160. The highest BCUT2D eigenvalue weighted by molar-refractivity contribution is 4.43. The lowest BCUT2D eigenvalue weighted by Gasteiger charge is -2.04. The van der Waals surface area contributed by atoms with Gasteiger partial charge in [-0.15, -0.1) is 0 Å². The lowest BCUT2D eigenvalue weighted by atomic mass is 10.7. The monoisotopic (exact) mass is 203 g/mol. The fourth-order valence-electron chi connectivity index (χ4n) is 0.734. The molecule has 0 aromatic carbocycles. The molecule has 0 aromatic rings. The van der Waals surface area contributed by atoms with Gasteiger partial charge in [-0.3, -0.25) is 0 Å². The summed E-state index contributed by atoms with van der Waals surface area (Å²) < 4.78 is 15.4. The summed E-state index contributed by atoms with van der Waals surface area (Å²) in [4.78, 5) is 2.60. The number of nitrogens with zero attached hydrogens (tertiary/aromatic N) is 3. The predicted octanol–water partition coefficient (Wildman–Crippen LogP) is 1.37. The zero-order valence-corrected chi connectivity index (χ0v) is 8.52. The van der Waals surface area contributed by atoms with E-state index in [-0.39, 0.29) is 0 Å². The van der Waals surface area contributed by atoms with Crippen LogP contribution >= 0.6 is 0 Å². The Morgan fingerprint density at radius 2 is 1.57 bits per heavy atom. The Morgan fingerprint density at radius 1 is 1.00 bits per heavy atom. The van der Waals surface area contributed by atoms with Crippen molar-refractivity contribution in [2.75, 3.05) is 46.2 Å². The normalized spacial score (nSPS) is 9.79. The minimum atomic E-state index is 0.370. The molecule has 0 rings (SSSR count). The standard InChI is InChI=1S/C8H17N3O3/c1-2-12-5-6-14-8-7-13-4-3-10-11-9/h2-8H2,1H3. The molecule has 0 atom stereocenters. The summed E-state index contributed by atoms with van der Waals surface area (Å²) in [6.45, 7) is 5.75. The van der Waals surface area contributed by atoms with Gasteiger partial charge < -0.3 is 14.2 Å². The van der Waals surface area contributed by atoms with Gasteiger partial charge in [0.2, 0.25) is 0 Å². The van der Waals surface area contributed by atoms with Crippen LogP contribution in [0.25, 0.3) is 10.4 Å². The van der Waals surface area contributed by atoms with Crippen LogP contribution in [0.5, 0.6) is 0 Å². The SMILES string of the molecule is CCOCCOCCOCCN=[N+]=[N-]. The van der Waals surface area contributed by atoms with Crippen LogP contribution in [0, 0.1) is 0 Å². The van der Waals surface area contributed by atoms with Crippen LogP contribution in [0.4, 0.5) is 0 Å². The van der Waals surface area contributed by atoms with Crippen LogP contribution in [0.3, 0.4) is 0 Å². The van der Waals surface area contributed by atoms with E-state index in [2.05, 4.69) is 10.0 Å². The van der Waals surface area contributed by atoms with Gasteiger partial charge in [0.1, 0.15) is 0 Å². The van der Waals surface area contributed by atoms with Gasteiger partial charge in [-0.25, -0.2) is 0 Å². The van der Waals surface area contributed by atoms with Crippen LogP contribution < -0.4 is 0 Å². The van der Waals surface area contributed by atoms with Crippen LogP contribution in [0.15, 0.2) is 5.11 Å². The zero-order valence-electron chi connectivity index (χ0n) is 8.52. The molecule has 0 saturated heterocycles. The second kappa shape index (κ2) is 12.2. The highest BCUT2D eigenvalue weighted by Gasteiger charge is 1.89. The van der Waals surface area contributed by atoms with Crippen molar-refractivity contribution in [2.45, 2.75) is 6.92 Å². The topological polar surface area (TPSA) is 76.5 Å². The molecule has 0 aliphatic heterocycles. The van der Waals surface area contributed by atoms with Crippen molar-refractivity contribution < 1.29 is 14.2 Å². The van der Waals surface area contributed by atoms with E-state index in [9.17, 15) is 0 Å². The van der Waals surface area contributed by atoms with Gasteiger partial charge in [0.25, 0.3) is 0 Å². The third-order valence-corrected chi connectivity index (χ3v) is 1.35. The Labute approximate surface area is 83.8 Å². The van der Waals surface area contributed by atoms with Gasteiger partial charge >= 0.3 is 0 Å². The third-order valence-electron chi connectivity index (χ3n) is 1.35. The molecule has 0 aliphatic carbocycles. The molecule has 0 radical (unpaired) electrons. The number of rotatable bonds is 10. The van der Waals surface area contributed by atoms with Gasteiger partial charge in [-0.1, -0.05) is 5.11 Å². The number of hydrogen-bond donors (Lipinski definition) is 0. The molecule has 0 unspecified atom stereocenters. The lowest BCUT2D eigenvalue weighted by molar-refractivity contribution is 0.0185. The van der Waals surface area contributed by atoms with E-state index in [1.54, 1.807) is 0 Å². The molecule has 6 nitrogen and oxygen atoms in total. The van der Waals surface area contributed by atoms with E-state index < -0.39 is 0 Å². The number of hydrogen-bond acceptors (Lipinski definition) is 4. The molecule has 82 valence electrons. The minimum Gasteiger partial charge on any atom is -0.379 e. The first-order valence-corrected chi connectivity index (χ1v) is 4.66. The number of azide groups is 1. The van der Waals surface area contributed by atoms with Gasteiger partial charge in [0.05, 0.1) is 33.0 Å². The van der Waals surface area contributed by atoms with Crippen LogP contribution in [-0.4, -0.2) is 46.2 Å². The molecule has 0 heterocycles. The molecule has 0 N–H and O–H groups in total. The van der Waals surface area contributed by atoms with Crippen LogP contribution in [0.1, 0.15) is 6.92 Å². The molecule has 14 heavy (non-hydrogen) atoms. The summed E-state index contributed by atoms with van der Waals surface area (Å²) >= 11 is 0. The van der Waals surface area contributed by atoms with E-state index in [1.807, 2.05) is 6.92 Å². The van der Waals surface area contributed by atoms with Crippen molar-refractivity contribution in [2.24, 2.45) is 5.11 Å². The Balaban J connectivity index is 2.88. The van der Waals surface area contributed by atoms with E-state index in [0.717, 1.165) is 0 Å². The first-order valence-electron chi connectivity index (χ1n) is 4.66. The van der Waals surface area contributed by atoms with Crippen LogP contribution in [-0.2, 0) is 14.2 Å². The van der Waals surface area contributed by atoms with Gasteiger partial charge in [-0.2, -0.15) is 0 Å². The van der Waals surface area contributed by atoms with Crippen molar-refractivity contribution in [3.05, 3.63) is 10.4 Å². The van der Waals surface area contributed by atoms with Crippen molar-refractivity contribution >= 4 is 0 Å². The summed E-state index contributed by atoms with van der Waals surface area (Å²) in [5.74, 6) is 0. The molecule has 0 aromatic heterocycles. The van der Waals surface area contributed by atoms with Gasteiger partial charge in [0.15, 0.2) is 0 Å². The van der Waals surface area contributed by atoms with E-state index >= 15 is 0 Å². The fourth-order valence-corrected chi connectivity index (χ4v) is 0.734. The molecule has 0 spiro atoms. The summed E-state index contributed by atoms with van der Waals surface area (Å²) in [5, 5.41) is 3.32. The first-order chi connectivity index (χ1) is 6.91. The second-order valence-corrected chi connectivity index (χ2v) is 2.38. The van der Waals surface area contributed by atoms with Crippen molar-refractivity contribution in [3.63, 3.8) is 0 Å². The van der Waals surface area contributed by atoms with Gasteiger partial charge in [0, 0.05) is 18.1 Å². The molecule has 0 bridgehead atoms. The maximum atomic E-state index is 7.95. The second-order valence-electron chi connectivity index (χ2n) is 2.38. The largest absolute Gasteiger partial charge is 0.379 e. The third kappa shape index (κ3) is 11.2. The molecular weight excluding hydrogens is 186 g/mol. The number of ether oxygens (including phenoxy) is 3. The highest BCUT2D eigenvalue weighted by atomic mass is 16.5. The average molecular weight is 203 g/mol. The molecule has 0 aliphatic rings. The quantitative estimate of drug-likeness (QED) is 0.233. The highest BCUT2D eigenvalue weighted by Crippen LogP contribution is 1.81. The summed E-state index contributed by atoms with van der Waals surface area (Å²) in [6.07, 6.45) is 0. The molecular formula is C8H17N3O3. The summed E-state index contributed by atoms with van der Waals surface area (Å²) in [5.41, 5.74) is 7.95. The molecule has 0 amide bonds. The summed E-state index contributed by atoms with van der Waals surface area (Å²) in [7, 11) is 0. The maximum absolute atomic E-state index is 7.95. The molecule has 6 heteroatoms. The molecule has 0 saturated carbocycles. The van der Waals surface area contributed by atoms with Crippen molar-refractivity contribution in [1.82, 2.24) is 0 Å². The smallest absolute Gasteiger partial charge is 0.0701 e. The Morgan fingerprint density at radius 3 is 2.14 bits per heavy atom. The van der Waals surface area contributed by atoms with Crippen LogP contribution in [0.2, 0.25) is 0 Å². The van der Waals surface area contributed by atoms with E-state index in [1.165, 1.54) is 0 Å². The Kier molecular flexibility index (Phi) is 11.5. The van der Waals surface area contributed by atoms with E-state index in [4.69, 9.17) is 19.7 Å². The zero-order chi connectivity index (χ0) is 10.5. The van der Waals surface area contributed by atoms with Crippen molar-refractivity contribution in [3.8, 4) is 0 Å². The first kappa shape index (κ1) is 13.2. The van der Waals surface area contributed by atoms with Gasteiger partial charge in [-0.05, 0) is 12.5 Å². The predicted molar refractivity (Wildman–Crippen MR) is 52.1 cm³/mol. The fraction of sp³-hybridized carbons (Fsp3) is 1.00. The lowest BCUT2D eigenvalue weighted by Crippen LogP contribution is -2.10. The maximum Gasteiger partial charge on any atom is 0.0701 e. The van der Waals surface area contributed by atoms with E-state index in [0.29, 0.717) is 46.2 Å². The average Bonchev–Trinajstić information content (AvgIpc) is 2.21. The Hall–Kier alpha value is -0.810. The molecule has 0 fully saturated rings. The van der Waals surface area contributed by atoms with Crippen molar-refractivity contribution in [1.29, 1.82) is 0 Å².